The van der Waals surface area contributed by atoms with E-state index in [1.54, 1.807) is 0 Å². The van der Waals surface area contributed by atoms with Gasteiger partial charge in [0.2, 0.25) is 0 Å². The van der Waals surface area contributed by atoms with Crippen molar-refractivity contribution in [1.82, 2.24) is 5.32 Å². The second kappa shape index (κ2) is 6.99. The highest BCUT2D eigenvalue weighted by atomic mass is 32.2. The van der Waals surface area contributed by atoms with Crippen molar-refractivity contribution < 1.29 is 9.47 Å². The van der Waals surface area contributed by atoms with E-state index in [4.69, 9.17) is 9.47 Å². The Hall–Kier alpha value is 0.230. The van der Waals surface area contributed by atoms with Crippen LogP contribution in [-0.4, -0.2) is 49.0 Å². The monoisotopic (exact) mass is 301 g/mol. The Kier molecular flexibility index (Phi) is 5.80. The highest BCUT2D eigenvalue weighted by molar-refractivity contribution is 7.99. The molecular weight excluding hydrogens is 270 g/mol. The van der Waals surface area contributed by atoms with E-state index in [2.05, 4.69) is 44.9 Å². The van der Waals surface area contributed by atoms with Crippen LogP contribution in [0.25, 0.3) is 0 Å². The lowest BCUT2D eigenvalue weighted by molar-refractivity contribution is -0.114. The standard InChI is InChI=1S/C16H31NO2S/c1-15(2,3)19-12-14(17-4)13-5-8-18-16(11-13)6-9-20-10-7-16/h13-14,17H,5-12H2,1-4H3. The van der Waals surface area contributed by atoms with Crippen LogP contribution in [0.4, 0.5) is 0 Å². The first-order valence-corrected chi connectivity index (χ1v) is 9.13. The first-order chi connectivity index (χ1) is 9.44. The number of nitrogens with one attached hydrogen (secondary N) is 1. The Morgan fingerprint density at radius 1 is 1.35 bits per heavy atom. The number of likely N-dealkylation sites (N-methyl/N-ethyl adjacent to an activating group) is 1. The van der Waals surface area contributed by atoms with Gasteiger partial charge in [-0.2, -0.15) is 11.8 Å². The summed E-state index contributed by atoms with van der Waals surface area (Å²) in [6.07, 6.45) is 4.82. The lowest BCUT2D eigenvalue weighted by atomic mass is 9.79. The molecule has 2 aliphatic rings. The van der Waals surface area contributed by atoms with Gasteiger partial charge in [0.05, 0.1) is 17.8 Å². The Morgan fingerprint density at radius 3 is 2.65 bits per heavy atom. The van der Waals surface area contributed by atoms with Gasteiger partial charge in [0.15, 0.2) is 0 Å². The second-order valence-corrected chi connectivity index (χ2v) is 8.44. The molecule has 1 spiro atoms. The molecule has 2 rings (SSSR count). The maximum Gasteiger partial charge on any atom is 0.0701 e. The number of hydrogen-bond donors (Lipinski definition) is 1. The van der Waals surface area contributed by atoms with Crippen LogP contribution < -0.4 is 5.32 Å². The molecule has 118 valence electrons. The van der Waals surface area contributed by atoms with Gasteiger partial charge in [-0.3, -0.25) is 0 Å². The fraction of sp³-hybridized carbons (Fsp3) is 1.00. The summed E-state index contributed by atoms with van der Waals surface area (Å²) in [6.45, 7) is 8.11. The van der Waals surface area contributed by atoms with Crippen molar-refractivity contribution in [3.8, 4) is 0 Å². The van der Waals surface area contributed by atoms with E-state index >= 15 is 0 Å². The molecule has 3 nitrogen and oxygen atoms in total. The van der Waals surface area contributed by atoms with Gasteiger partial charge >= 0.3 is 0 Å². The van der Waals surface area contributed by atoms with Crippen molar-refractivity contribution in [1.29, 1.82) is 0 Å². The Labute approximate surface area is 128 Å². The summed E-state index contributed by atoms with van der Waals surface area (Å²) in [5, 5.41) is 3.48. The summed E-state index contributed by atoms with van der Waals surface area (Å²) in [5.41, 5.74) is 0.116. The molecule has 2 atom stereocenters. The van der Waals surface area contributed by atoms with Crippen LogP contribution in [0.5, 0.6) is 0 Å². The average Bonchev–Trinajstić information content (AvgIpc) is 2.39. The first-order valence-electron chi connectivity index (χ1n) is 7.97. The molecule has 0 aromatic carbocycles. The molecule has 1 N–H and O–H groups in total. The lowest BCUT2D eigenvalue weighted by Gasteiger charge is -2.45. The summed E-state index contributed by atoms with van der Waals surface area (Å²) in [4.78, 5) is 0. The van der Waals surface area contributed by atoms with Crippen molar-refractivity contribution >= 4 is 11.8 Å². The van der Waals surface area contributed by atoms with Crippen LogP contribution in [-0.2, 0) is 9.47 Å². The predicted molar refractivity (Wildman–Crippen MR) is 86.5 cm³/mol. The number of ether oxygens (including phenoxy) is 2. The molecule has 2 saturated heterocycles. The molecule has 2 fully saturated rings. The molecule has 4 heteroatoms. The summed E-state index contributed by atoms with van der Waals surface area (Å²) in [5.74, 6) is 3.20. The van der Waals surface area contributed by atoms with Crippen molar-refractivity contribution in [2.45, 2.75) is 63.7 Å². The van der Waals surface area contributed by atoms with Crippen molar-refractivity contribution in [3.63, 3.8) is 0 Å². The normalized spacial score (nSPS) is 28.5. The highest BCUT2D eigenvalue weighted by Crippen LogP contribution is 2.40. The minimum Gasteiger partial charge on any atom is -0.375 e. The summed E-state index contributed by atoms with van der Waals surface area (Å²) >= 11 is 2.07. The maximum absolute atomic E-state index is 6.19. The van der Waals surface area contributed by atoms with E-state index in [9.17, 15) is 0 Å². The van der Waals surface area contributed by atoms with Gasteiger partial charge in [0.25, 0.3) is 0 Å². The second-order valence-electron chi connectivity index (χ2n) is 7.22. The van der Waals surface area contributed by atoms with Crippen LogP contribution in [0.3, 0.4) is 0 Å². The zero-order valence-corrected chi connectivity index (χ0v) is 14.4. The van der Waals surface area contributed by atoms with E-state index in [0.29, 0.717) is 12.0 Å². The fourth-order valence-corrected chi connectivity index (χ4v) is 4.53. The molecule has 2 heterocycles. The van der Waals surface area contributed by atoms with E-state index in [1.165, 1.54) is 30.8 Å². The van der Waals surface area contributed by atoms with Gasteiger partial charge in [0.1, 0.15) is 0 Å². The van der Waals surface area contributed by atoms with E-state index in [-0.39, 0.29) is 11.2 Å². The van der Waals surface area contributed by atoms with E-state index in [0.717, 1.165) is 19.6 Å². The van der Waals surface area contributed by atoms with E-state index in [1.807, 2.05) is 0 Å². The zero-order valence-electron chi connectivity index (χ0n) is 13.5. The van der Waals surface area contributed by atoms with Gasteiger partial charge in [-0.1, -0.05) is 0 Å². The number of hydrogen-bond acceptors (Lipinski definition) is 4. The van der Waals surface area contributed by atoms with Crippen LogP contribution in [0, 0.1) is 5.92 Å². The first kappa shape index (κ1) is 16.6. The number of thioether (sulfide) groups is 1. The van der Waals surface area contributed by atoms with E-state index < -0.39 is 0 Å². The average molecular weight is 301 g/mol. The highest BCUT2D eigenvalue weighted by Gasteiger charge is 2.40. The summed E-state index contributed by atoms with van der Waals surface area (Å²) in [7, 11) is 2.07. The molecule has 0 radical (unpaired) electrons. The Balaban J connectivity index is 1.92. The van der Waals surface area contributed by atoms with Crippen molar-refractivity contribution in [2.75, 3.05) is 31.8 Å². The topological polar surface area (TPSA) is 30.5 Å². The van der Waals surface area contributed by atoms with Crippen LogP contribution >= 0.6 is 11.8 Å². The zero-order chi connectivity index (χ0) is 14.6. The number of rotatable bonds is 4. The quantitative estimate of drug-likeness (QED) is 0.864. The molecule has 2 aliphatic heterocycles. The Bertz CT molecular complexity index is 292. The molecule has 0 saturated carbocycles. The van der Waals surface area contributed by atoms with Gasteiger partial charge in [0, 0.05) is 12.6 Å². The fourth-order valence-electron chi connectivity index (χ4n) is 3.30. The molecule has 20 heavy (non-hydrogen) atoms. The molecule has 0 amide bonds. The minimum atomic E-state index is -0.0561. The SMILES string of the molecule is CNC(COC(C)(C)C)C1CCOC2(CCSCC2)C1. The third-order valence-corrected chi connectivity index (χ3v) is 5.56. The van der Waals surface area contributed by atoms with Gasteiger partial charge < -0.3 is 14.8 Å². The summed E-state index contributed by atoms with van der Waals surface area (Å²) < 4.78 is 12.2. The van der Waals surface area contributed by atoms with Crippen LogP contribution in [0.1, 0.15) is 46.5 Å². The molecule has 0 aromatic rings. The minimum absolute atomic E-state index is 0.0561. The molecule has 0 aromatic heterocycles. The van der Waals surface area contributed by atoms with Crippen molar-refractivity contribution in [2.24, 2.45) is 5.92 Å². The van der Waals surface area contributed by atoms with Crippen LogP contribution in [0.15, 0.2) is 0 Å². The smallest absolute Gasteiger partial charge is 0.0701 e. The summed E-state index contributed by atoms with van der Waals surface area (Å²) in [6, 6.07) is 0.449. The van der Waals surface area contributed by atoms with Gasteiger partial charge in [-0.15, -0.1) is 0 Å². The predicted octanol–water partition coefficient (Wildman–Crippen LogP) is 3.08. The third-order valence-electron chi connectivity index (χ3n) is 4.57. The van der Waals surface area contributed by atoms with Crippen molar-refractivity contribution in [3.05, 3.63) is 0 Å². The molecule has 0 bridgehead atoms. The van der Waals surface area contributed by atoms with Crippen LogP contribution in [0.2, 0.25) is 0 Å². The molecule has 2 unspecified atom stereocenters. The third kappa shape index (κ3) is 4.62. The lowest BCUT2D eigenvalue weighted by Crippen LogP contribution is -2.49. The maximum atomic E-state index is 6.19. The molecular formula is C16H31NO2S. The molecule has 0 aliphatic carbocycles. The van der Waals surface area contributed by atoms with Gasteiger partial charge in [-0.25, -0.2) is 0 Å². The largest absolute Gasteiger partial charge is 0.375 e. The van der Waals surface area contributed by atoms with Gasteiger partial charge in [-0.05, 0) is 70.9 Å². The Morgan fingerprint density at radius 2 is 2.05 bits per heavy atom.